The van der Waals surface area contributed by atoms with Crippen molar-refractivity contribution in [3.05, 3.63) is 0 Å². The summed E-state index contributed by atoms with van der Waals surface area (Å²) in [4.78, 5) is 0. The standard InChI is InChI=1S/C5H10S.C2H6/c1-6-4-2-3-5-6;1-2/h1-5H2;1-2H3. The van der Waals surface area contributed by atoms with Crippen molar-refractivity contribution in [2.45, 2.75) is 26.7 Å². The molecule has 0 aromatic carbocycles. The summed E-state index contributed by atoms with van der Waals surface area (Å²) < 4.78 is 0. The Kier molecular flexibility index (Phi) is 5.51. The van der Waals surface area contributed by atoms with Gasteiger partial charge in [-0.15, -0.1) is 0 Å². The summed E-state index contributed by atoms with van der Waals surface area (Å²) in [6.07, 6.45) is 2.87. The molecule has 1 saturated heterocycles. The zero-order chi connectivity index (χ0) is 6.41. The molecule has 0 N–H and O–H groups in total. The fourth-order valence-corrected chi connectivity index (χ4v) is 2.14. The van der Waals surface area contributed by atoms with Crippen LogP contribution in [0.15, 0.2) is 0 Å². The third-order valence-corrected chi connectivity index (χ3v) is 2.85. The molecule has 0 atom stereocenters. The molecule has 0 aliphatic carbocycles. The van der Waals surface area contributed by atoms with Crippen LogP contribution in [-0.4, -0.2) is 17.4 Å². The molecule has 1 fully saturated rings. The van der Waals surface area contributed by atoms with Crippen molar-refractivity contribution in [1.29, 1.82) is 0 Å². The van der Waals surface area contributed by atoms with Crippen LogP contribution >= 0.6 is 10.5 Å². The summed E-state index contributed by atoms with van der Waals surface area (Å²) in [5.41, 5.74) is 0. The van der Waals surface area contributed by atoms with Gasteiger partial charge in [-0.1, -0.05) is 19.7 Å². The summed E-state index contributed by atoms with van der Waals surface area (Å²) in [5, 5.41) is 0. The van der Waals surface area contributed by atoms with Gasteiger partial charge in [-0.2, -0.15) is 10.5 Å². The van der Waals surface area contributed by atoms with Crippen LogP contribution in [0.5, 0.6) is 0 Å². The van der Waals surface area contributed by atoms with E-state index in [0.29, 0.717) is 10.5 Å². The topological polar surface area (TPSA) is 0 Å². The molecule has 1 rings (SSSR count). The van der Waals surface area contributed by atoms with Gasteiger partial charge >= 0.3 is 0 Å². The highest BCUT2D eigenvalue weighted by atomic mass is 32.2. The molecule has 1 aliphatic heterocycles. The third kappa shape index (κ3) is 3.25. The van der Waals surface area contributed by atoms with Crippen LogP contribution in [0.3, 0.4) is 0 Å². The van der Waals surface area contributed by atoms with Gasteiger partial charge in [-0.3, -0.25) is 0 Å². The van der Waals surface area contributed by atoms with Crippen molar-refractivity contribution in [1.82, 2.24) is 0 Å². The van der Waals surface area contributed by atoms with E-state index < -0.39 is 0 Å². The first-order chi connectivity index (χ1) is 3.89. The second kappa shape index (κ2) is 5.36. The molecule has 0 aromatic heterocycles. The minimum atomic E-state index is 0.577. The van der Waals surface area contributed by atoms with Gasteiger partial charge in [0.05, 0.1) is 0 Å². The van der Waals surface area contributed by atoms with E-state index in [9.17, 15) is 0 Å². The maximum absolute atomic E-state index is 3.97. The Morgan fingerprint density at radius 1 is 1.12 bits per heavy atom. The van der Waals surface area contributed by atoms with E-state index in [2.05, 4.69) is 5.87 Å². The molecule has 0 amide bonds. The van der Waals surface area contributed by atoms with Crippen LogP contribution in [0.2, 0.25) is 0 Å². The van der Waals surface area contributed by atoms with E-state index >= 15 is 0 Å². The summed E-state index contributed by atoms with van der Waals surface area (Å²) in [7, 11) is 0.577. The minimum Gasteiger partial charge on any atom is -0.193 e. The van der Waals surface area contributed by atoms with E-state index in [-0.39, 0.29) is 0 Å². The quantitative estimate of drug-likeness (QED) is 0.444. The van der Waals surface area contributed by atoms with Crippen molar-refractivity contribution in [2.24, 2.45) is 0 Å². The van der Waals surface area contributed by atoms with E-state index in [1.165, 1.54) is 24.3 Å². The largest absolute Gasteiger partial charge is 0.193 e. The maximum Gasteiger partial charge on any atom is -0.0122 e. The maximum atomic E-state index is 3.97. The average Bonchev–Trinajstić information content (AvgIpc) is 2.24. The second-order valence-electron chi connectivity index (χ2n) is 1.73. The average molecular weight is 132 g/mol. The Balaban J connectivity index is 0.000000222. The van der Waals surface area contributed by atoms with Crippen LogP contribution in [0.25, 0.3) is 0 Å². The zero-order valence-electron chi connectivity index (χ0n) is 5.94. The summed E-state index contributed by atoms with van der Waals surface area (Å²) in [6, 6.07) is 0. The Morgan fingerprint density at radius 3 is 1.62 bits per heavy atom. The van der Waals surface area contributed by atoms with Gasteiger partial charge in [0.15, 0.2) is 0 Å². The van der Waals surface area contributed by atoms with Crippen molar-refractivity contribution in [3.63, 3.8) is 0 Å². The molecular formula is C7H16S. The van der Waals surface area contributed by atoms with Gasteiger partial charge in [0, 0.05) is 0 Å². The minimum absolute atomic E-state index is 0.577. The summed E-state index contributed by atoms with van der Waals surface area (Å²) >= 11 is 0. The first-order valence-electron chi connectivity index (χ1n) is 3.37. The van der Waals surface area contributed by atoms with Crippen molar-refractivity contribution < 1.29 is 0 Å². The van der Waals surface area contributed by atoms with Crippen molar-refractivity contribution >= 4 is 16.4 Å². The van der Waals surface area contributed by atoms with Crippen LogP contribution in [0.1, 0.15) is 26.7 Å². The predicted molar refractivity (Wildman–Crippen MR) is 45.0 cm³/mol. The Labute approximate surface area is 55.2 Å². The highest BCUT2D eigenvalue weighted by Gasteiger charge is 1.99. The number of hydrogen-bond donors (Lipinski definition) is 0. The van der Waals surface area contributed by atoms with Crippen molar-refractivity contribution in [3.8, 4) is 0 Å². The molecule has 0 radical (unpaired) electrons. The third-order valence-electron chi connectivity index (χ3n) is 1.12. The molecule has 0 spiro atoms. The molecule has 1 heterocycles. The van der Waals surface area contributed by atoms with Crippen molar-refractivity contribution in [2.75, 3.05) is 11.5 Å². The zero-order valence-corrected chi connectivity index (χ0v) is 6.76. The van der Waals surface area contributed by atoms with Gasteiger partial charge < -0.3 is 0 Å². The molecular weight excluding hydrogens is 116 g/mol. The molecule has 1 heteroatoms. The van der Waals surface area contributed by atoms with Gasteiger partial charge in [0.1, 0.15) is 0 Å². The smallest absolute Gasteiger partial charge is 0.0122 e. The van der Waals surface area contributed by atoms with Crippen LogP contribution in [0, 0.1) is 0 Å². The van der Waals surface area contributed by atoms with Crippen LogP contribution in [0.4, 0.5) is 0 Å². The predicted octanol–water partition coefficient (Wildman–Crippen LogP) is 2.51. The van der Waals surface area contributed by atoms with Gasteiger partial charge in [0.25, 0.3) is 0 Å². The highest BCUT2D eigenvalue weighted by molar-refractivity contribution is 8.14. The summed E-state index contributed by atoms with van der Waals surface area (Å²) in [6.45, 7) is 4.00. The number of rotatable bonds is 0. The normalized spacial score (nSPS) is 19.8. The second-order valence-corrected chi connectivity index (χ2v) is 3.77. The Hall–Kier alpha value is 0.220. The molecule has 1 aliphatic rings. The van der Waals surface area contributed by atoms with Gasteiger partial charge in [-0.25, -0.2) is 0 Å². The summed E-state index contributed by atoms with van der Waals surface area (Å²) in [5.74, 6) is 6.77. The lowest BCUT2D eigenvalue weighted by Crippen LogP contribution is -1.62. The molecule has 50 valence electrons. The Bertz CT molecular complexity index is 58.8. The lowest BCUT2D eigenvalue weighted by molar-refractivity contribution is 0.949. The van der Waals surface area contributed by atoms with Gasteiger partial charge in [0.2, 0.25) is 0 Å². The van der Waals surface area contributed by atoms with E-state index in [4.69, 9.17) is 0 Å². The molecule has 0 nitrogen and oxygen atoms in total. The first kappa shape index (κ1) is 8.22. The monoisotopic (exact) mass is 132 g/mol. The fourth-order valence-electron chi connectivity index (χ4n) is 0.714. The molecule has 0 aromatic rings. The molecule has 0 saturated carbocycles. The lowest BCUT2D eigenvalue weighted by atomic mass is 10.4. The molecule has 8 heavy (non-hydrogen) atoms. The first-order valence-corrected chi connectivity index (χ1v) is 5.10. The molecule has 0 unspecified atom stereocenters. The van der Waals surface area contributed by atoms with Crippen LogP contribution in [-0.2, 0) is 0 Å². The van der Waals surface area contributed by atoms with E-state index in [1.807, 2.05) is 13.8 Å². The number of hydrogen-bond acceptors (Lipinski definition) is 0. The van der Waals surface area contributed by atoms with E-state index in [1.54, 1.807) is 0 Å². The Morgan fingerprint density at radius 2 is 1.50 bits per heavy atom. The van der Waals surface area contributed by atoms with Gasteiger partial charge in [-0.05, 0) is 24.3 Å². The van der Waals surface area contributed by atoms with Crippen LogP contribution < -0.4 is 0 Å². The SMILES string of the molecule is C=S1CCCC1.CC. The fraction of sp³-hybridized carbons (Fsp3) is 0.857. The highest BCUT2D eigenvalue weighted by Crippen LogP contribution is 2.21. The lowest BCUT2D eigenvalue weighted by Gasteiger charge is -1.84. The van der Waals surface area contributed by atoms with E-state index in [0.717, 1.165) is 0 Å². The molecule has 0 bridgehead atoms.